The number of rotatable bonds is 7. The van der Waals surface area contributed by atoms with Gasteiger partial charge in [-0.25, -0.2) is 0 Å². The van der Waals surface area contributed by atoms with Crippen molar-refractivity contribution in [1.29, 1.82) is 0 Å². The van der Waals surface area contributed by atoms with Crippen LogP contribution in [-0.4, -0.2) is 58.3 Å². The maximum absolute atomic E-state index is 5.33. The minimum absolute atomic E-state index is 0.697. The van der Waals surface area contributed by atoms with Gasteiger partial charge >= 0.3 is 0 Å². The second kappa shape index (κ2) is 10.1. The molecular formula is C19H32N4O2. The molecule has 140 valence electrons. The van der Waals surface area contributed by atoms with Gasteiger partial charge in [-0.3, -0.25) is 4.99 Å². The molecule has 0 atom stereocenters. The lowest BCUT2D eigenvalue weighted by Gasteiger charge is -2.30. The fourth-order valence-electron chi connectivity index (χ4n) is 3.02. The van der Waals surface area contributed by atoms with Gasteiger partial charge in [0.1, 0.15) is 0 Å². The van der Waals surface area contributed by atoms with Gasteiger partial charge in [0.2, 0.25) is 0 Å². The second-order valence-electron chi connectivity index (χ2n) is 6.57. The molecule has 1 heterocycles. The summed E-state index contributed by atoms with van der Waals surface area (Å²) in [6.45, 7) is 6.87. The van der Waals surface area contributed by atoms with E-state index in [2.05, 4.69) is 27.4 Å². The van der Waals surface area contributed by atoms with E-state index in [1.165, 1.54) is 25.9 Å². The summed E-state index contributed by atoms with van der Waals surface area (Å²) < 4.78 is 10.6. The van der Waals surface area contributed by atoms with Gasteiger partial charge < -0.3 is 25.0 Å². The maximum atomic E-state index is 5.33. The molecule has 0 amide bonds. The van der Waals surface area contributed by atoms with Crippen molar-refractivity contribution < 1.29 is 9.47 Å². The van der Waals surface area contributed by atoms with Crippen LogP contribution in [-0.2, 0) is 0 Å². The number of likely N-dealkylation sites (tertiary alicyclic amines) is 1. The molecule has 6 heteroatoms. The first-order valence-corrected chi connectivity index (χ1v) is 9.08. The van der Waals surface area contributed by atoms with Crippen molar-refractivity contribution in [3.05, 3.63) is 18.2 Å². The zero-order chi connectivity index (χ0) is 18.1. The molecule has 1 aromatic carbocycles. The minimum atomic E-state index is 0.697. The van der Waals surface area contributed by atoms with Crippen LogP contribution in [0.15, 0.2) is 23.2 Å². The van der Waals surface area contributed by atoms with E-state index in [0.29, 0.717) is 11.5 Å². The van der Waals surface area contributed by atoms with Gasteiger partial charge in [-0.15, -0.1) is 0 Å². The van der Waals surface area contributed by atoms with Crippen LogP contribution in [0.1, 0.15) is 26.2 Å². The number of hydrogen-bond acceptors (Lipinski definition) is 4. The Labute approximate surface area is 151 Å². The summed E-state index contributed by atoms with van der Waals surface area (Å²) in [6.07, 6.45) is 3.77. The molecule has 0 aromatic heterocycles. The van der Waals surface area contributed by atoms with Crippen LogP contribution in [0.2, 0.25) is 0 Å². The Hall–Kier alpha value is -1.95. The quantitative estimate of drug-likeness (QED) is 0.451. The lowest BCUT2D eigenvalue weighted by molar-refractivity contribution is 0.191. The summed E-state index contributed by atoms with van der Waals surface area (Å²) in [5.41, 5.74) is 0.913. The molecule has 1 aliphatic rings. The van der Waals surface area contributed by atoms with Crippen LogP contribution in [0.25, 0.3) is 0 Å². The second-order valence-corrected chi connectivity index (χ2v) is 6.57. The molecular weight excluding hydrogens is 316 g/mol. The molecule has 2 N–H and O–H groups in total. The highest BCUT2D eigenvalue weighted by Gasteiger charge is 2.14. The van der Waals surface area contributed by atoms with Crippen molar-refractivity contribution in [3.8, 4) is 11.5 Å². The lowest BCUT2D eigenvalue weighted by atomic mass is 9.99. The highest BCUT2D eigenvalue weighted by Crippen LogP contribution is 2.29. The van der Waals surface area contributed by atoms with Crippen molar-refractivity contribution in [2.75, 3.05) is 52.8 Å². The van der Waals surface area contributed by atoms with Crippen LogP contribution in [0.3, 0.4) is 0 Å². The molecule has 1 aliphatic heterocycles. The van der Waals surface area contributed by atoms with Gasteiger partial charge in [-0.05, 0) is 56.9 Å². The average Bonchev–Trinajstić information content (AvgIpc) is 2.65. The van der Waals surface area contributed by atoms with Gasteiger partial charge in [0, 0.05) is 25.3 Å². The van der Waals surface area contributed by atoms with Gasteiger partial charge in [-0.2, -0.15) is 0 Å². The van der Waals surface area contributed by atoms with E-state index in [1.54, 1.807) is 21.3 Å². The summed E-state index contributed by atoms with van der Waals surface area (Å²) >= 11 is 0. The van der Waals surface area contributed by atoms with Crippen LogP contribution in [0.5, 0.6) is 11.5 Å². The van der Waals surface area contributed by atoms with E-state index >= 15 is 0 Å². The first-order valence-electron chi connectivity index (χ1n) is 9.08. The number of anilines is 1. The normalized spacial score (nSPS) is 16.6. The molecule has 6 nitrogen and oxygen atoms in total. The third kappa shape index (κ3) is 6.12. The molecule has 0 aliphatic carbocycles. The van der Waals surface area contributed by atoms with E-state index in [0.717, 1.165) is 37.1 Å². The highest BCUT2D eigenvalue weighted by atomic mass is 16.5. The Morgan fingerprint density at radius 3 is 2.56 bits per heavy atom. The van der Waals surface area contributed by atoms with Crippen molar-refractivity contribution in [2.24, 2.45) is 10.9 Å². The summed E-state index contributed by atoms with van der Waals surface area (Å²) in [5.74, 6) is 3.06. The smallest absolute Gasteiger partial charge is 0.195 e. The fourth-order valence-corrected chi connectivity index (χ4v) is 3.02. The van der Waals surface area contributed by atoms with Crippen LogP contribution < -0.4 is 20.1 Å². The van der Waals surface area contributed by atoms with E-state index in [4.69, 9.17) is 9.47 Å². The summed E-state index contributed by atoms with van der Waals surface area (Å²) in [5, 5.41) is 6.66. The van der Waals surface area contributed by atoms with E-state index in [9.17, 15) is 0 Å². The first kappa shape index (κ1) is 19.4. The minimum Gasteiger partial charge on any atom is -0.493 e. The van der Waals surface area contributed by atoms with Crippen LogP contribution >= 0.6 is 0 Å². The predicted molar refractivity (Wildman–Crippen MR) is 104 cm³/mol. The Kier molecular flexibility index (Phi) is 7.85. The number of nitrogens with zero attached hydrogens (tertiary/aromatic N) is 2. The number of hydrogen-bond donors (Lipinski definition) is 2. The number of methoxy groups -OCH3 is 2. The number of benzene rings is 1. The van der Waals surface area contributed by atoms with E-state index in [-0.39, 0.29) is 0 Å². The maximum Gasteiger partial charge on any atom is 0.195 e. The lowest BCUT2D eigenvalue weighted by Crippen LogP contribution is -2.36. The summed E-state index contributed by atoms with van der Waals surface area (Å²) in [4.78, 5) is 6.85. The molecule has 1 fully saturated rings. The number of nitrogens with one attached hydrogen (secondary N) is 2. The van der Waals surface area contributed by atoms with Gasteiger partial charge in [0.15, 0.2) is 17.5 Å². The predicted octanol–water partition coefficient (Wildman–Crippen LogP) is 2.81. The van der Waals surface area contributed by atoms with Crippen molar-refractivity contribution in [2.45, 2.75) is 26.2 Å². The topological polar surface area (TPSA) is 58.1 Å². The fraction of sp³-hybridized carbons (Fsp3) is 0.632. The Balaban J connectivity index is 1.75. The Morgan fingerprint density at radius 1 is 1.20 bits per heavy atom. The largest absolute Gasteiger partial charge is 0.493 e. The van der Waals surface area contributed by atoms with Crippen molar-refractivity contribution in [3.63, 3.8) is 0 Å². The molecule has 0 radical (unpaired) electrons. The number of aliphatic imine (C=N–C) groups is 1. The number of piperidine rings is 1. The summed E-state index contributed by atoms with van der Waals surface area (Å²) in [7, 11) is 5.05. The standard InChI is InChI=1S/C19H32N4O2/c1-15-8-12-23(13-9-15)11-5-10-21-19(20-2)22-16-6-7-17(24-3)18(14-16)25-4/h6-7,14-15H,5,8-13H2,1-4H3,(H2,20,21,22). The molecule has 0 unspecified atom stereocenters. The van der Waals surface area contributed by atoms with E-state index < -0.39 is 0 Å². The van der Waals surface area contributed by atoms with Crippen molar-refractivity contribution in [1.82, 2.24) is 10.2 Å². The first-order chi connectivity index (χ1) is 12.2. The van der Waals surface area contributed by atoms with Gasteiger partial charge in [0.25, 0.3) is 0 Å². The highest BCUT2D eigenvalue weighted by molar-refractivity contribution is 5.93. The van der Waals surface area contributed by atoms with Crippen LogP contribution in [0, 0.1) is 5.92 Å². The van der Waals surface area contributed by atoms with Crippen molar-refractivity contribution >= 4 is 11.6 Å². The molecule has 2 rings (SSSR count). The van der Waals surface area contributed by atoms with Gasteiger partial charge in [-0.1, -0.05) is 6.92 Å². The molecule has 0 bridgehead atoms. The molecule has 0 saturated carbocycles. The summed E-state index contributed by atoms with van der Waals surface area (Å²) in [6, 6.07) is 5.73. The number of guanidine groups is 1. The van der Waals surface area contributed by atoms with Gasteiger partial charge in [0.05, 0.1) is 14.2 Å². The zero-order valence-corrected chi connectivity index (χ0v) is 16.0. The zero-order valence-electron chi connectivity index (χ0n) is 16.0. The molecule has 0 spiro atoms. The Morgan fingerprint density at radius 2 is 1.92 bits per heavy atom. The van der Waals surface area contributed by atoms with E-state index in [1.807, 2.05) is 18.2 Å². The average molecular weight is 348 g/mol. The number of ether oxygens (including phenoxy) is 2. The molecule has 25 heavy (non-hydrogen) atoms. The third-order valence-corrected chi connectivity index (χ3v) is 4.69. The SMILES string of the molecule is CN=C(NCCCN1CCC(C)CC1)Nc1ccc(OC)c(OC)c1. The van der Waals surface area contributed by atoms with Crippen LogP contribution in [0.4, 0.5) is 5.69 Å². The molecule has 1 saturated heterocycles. The monoisotopic (exact) mass is 348 g/mol. The molecule has 1 aromatic rings. The Bertz CT molecular complexity index is 554. The third-order valence-electron chi connectivity index (χ3n) is 4.69.